The Morgan fingerprint density at radius 2 is 1.95 bits per heavy atom. The van der Waals surface area contributed by atoms with Gasteiger partial charge in [-0.05, 0) is 32.6 Å². The second-order valence-electron chi connectivity index (χ2n) is 3.94. The molecule has 0 heterocycles. The number of ether oxygens (including phenoxy) is 3. The fraction of sp³-hybridized carbons (Fsp3) is 0.571. The maximum absolute atomic E-state index is 11.1. The predicted molar refractivity (Wildman–Crippen MR) is 67.8 cm³/mol. The van der Waals surface area contributed by atoms with Crippen molar-refractivity contribution in [2.75, 3.05) is 13.2 Å². The van der Waals surface area contributed by atoms with E-state index in [9.17, 15) is 9.59 Å². The van der Waals surface area contributed by atoms with Crippen LogP contribution in [0.15, 0.2) is 12.3 Å². The van der Waals surface area contributed by atoms with Crippen LogP contribution in [0.1, 0.15) is 26.7 Å². The Balaban J connectivity index is 2.45. The van der Waals surface area contributed by atoms with Crippen LogP contribution in [0.2, 0.25) is 0 Å². The van der Waals surface area contributed by atoms with Crippen LogP contribution in [-0.2, 0) is 23.8 Å². The first-order valence-corrected chi connectivity index (χ1v) is 6.34. The summed E-state index contributed by atoms with van der Waals surface area (Å²) in [4.78, 5) is 22.2. The minimum absolute atomic E-state index is 0.297. The molecule has 0 bridgehead atoms. The minimum Gasteiger partial charge on any atom is -0.485 e. The molecule has 0 aliphatic heterocycles. The molecule has 19 heavy (non-hydrogen) atoms. The molecule has 0 radical (unpaired) electrons. The molecule has 1 aliphatic carbocycles. The Labute approximate surface area is 112 Å². The molecule has 1 fully saturated rings. The molecule has 1 atom stereocenters. The summed E-state index contributed by atoms with van der Waals surface area (Å²) in [7, 11) is 0. The van der Waals surface area contributed by atoms with Gasteiger partial charge in [0.25, 0.3) is 0 Å². The molecule has 1 saturated carbocycles. The van der Waals surface area contributed by atoms with Crippen LogP contribution in [0.25, 0.3) is 0 Å². The first-order chi connectivity index (χ1) is 9.17. The summed E-state index contributed by atoms with van der Waals surface area (Å²) in [6.45, 7) is 4.06. The SMILES string of the molecule is CCOC(=O)C#CC(O/C=C/C(=O)OCC)C1CC1. The van der Waals surface area contributed by atoms with Crippen molar-refractivity contribution in [1.29, 1.82) is 0 Å². The van der Waals surface area contributed by atoms with E-state index in [1.807, 2.05) is 0 Å². The molecule has 0 aromatic rings. The standard InChI is InChI=1S/C14H18O5/c1-3-17-13(15)8-7-12(11-5-6-11)19-10-9-14(16)18-4-2/h9-12H,3-6H2,1-2H3/b10-9+. The van der Waals surface area contributed by atoms with Gasteiger partial charge in [-0.1, -0.05) is 0 Å². The number of hydrogen-bond donors (Lipinski definition) is 0. The van der Waals surface area contributed by atoms with Gasteiger partial charge >= 0.3 is 11.9 Å². The van der Waals surface area contributed by atoms with Gasteiger partial charge in [-0.25, -0.2) is 9.59 Å². The fourth-order valence-electron chi connectivity index (χ4n) is 1.33. The Morgan fingerprint density at radius 3 is 2.53 bits per heavy atom. The first kappa shape index (κ1) is 15.1. The van der Waals surface area contributed by atoms with Gasteiger partial charge in [0, 0.05) is 11.8 Å². The summed E-state index contributed by atoms with van der Waals surface area (Å²) in [5.41, 5.74) is 0. The molecule has 0 spiro atoms. The van der Waals surface area contributed by atoms with E-state index in [2.05, 4.69) is 11.8 Å². The molecular weight excluding hydrogens is 248 g/mol. The highest BCUT2D eigenvalue weighted by Gasteiger charge is 2.31. The second kappa shape index (κ2) is 8.20. The van der Waals surface area contributed by atoms with Gasteiger partial charge in [0.2, 0.25) is 0 Å². The van der Waals surface area contributed by atoms with Gasteiger partial charge in [0.15, 0.2) is 6.10 Å². The van der Waals surface area contributed by atoms with Crippen LogP contribution in [0.3, 0.4) is 0 Å². The van der Waals surface area contributed by atoms with Crippen molar-refractivity contribution in [1.82, 2.24) is 0 Å². The van der Waals surface area contributed by atoms with Crippen molar-refractivity contribution in [3.63, 3.8) is 0 Å². The van der Waals surface area contributed by atoms with Crippen LogP contribution in [0.4, 0.5) is 0 Å². The quantitative estimate of drug-likeness (QED) is 0.239. The van der Waals surface area contributed by atoms with E-state index in [-0.39, 0.29) is 6.10 Å². The van der Waals surface area contributed by atoms with Crippen molar-refractivity contribution >= 4 is 11.9 Å². The summed E-state index contributed by atoms with van der Waals surface area (Å²) in [6, 6.07) is 0. The Hall–Kier alpha value is -1.96. The molecule has 5 heteroatoms. The lowest BCUT2D eigenvalue weighted by atomic mass is 10.2. The van der Waals surface area contributed by atoms with Gasteiger partial charge in [0.1, 0.15) is 0 Å². The number of rotatable bonds is 6. The molecular formula is C14H18O5. The zero-order valence-corrected chi connectivity index (χ0v) is 11.2. The summed E-state index contributed by atoms with van der Waals surface area (Å²) in [5.74, 6) is 4.39. The normalized spacial score (nSPS) is 15.3. The maximum Gasteiger partial charge on any atom is 0.384 e. The lowest BCUT2D eigenvalue weighted by Crippen LogP contribution is -2.11. The summed E-state index contributed by atoms with van der Waals surface area (Å²) in [5, 5.41) is 0. The summed E-state index contributed by atoms with van der Waals surface area (Å²) >= 11 is 0. The Kier molecular flexibility index (Phi) is 6.51. The van der Waals surface area contributed by atoms with E-state index in [1.165, 1.54) is 12.3 Å². The van der Waals surface area contributed by atoms with E-state index in [0.717, 1.165) is 12.8 Å². The third-order valence-electron chi connectivity index (χ3n) is 2.36. The van der Waals surface area contributed by atoms with E-state index in [1.54, 1.807) is 13.8 Å². The summed E-state index contributed by atoms with van der Waals surface area (Å²) in [6.07, 6.45) is 4.10. The van der Waals surface area contributed by atoms with Crippen LogP contribution in [0.5, 0.6) is 0 Å². The van der Waals surface area contributed by atoms with E-state index >= 15 is 0 Å². The average Bonchev–Trinajstić information content (AvgIpc) is 3.18. The van der Waals surface area contributed by atoms with Crippen LogP contribution < -0.4 is 0 Å². The second-order valence-corrected chi connectivity index (χ2v) is 3.94. The average molecular weight is 266 g/mol. The number of esters is 2. The lowest BCUT2D eigenvalue weighted by molar-refractivity contribution is -0.137. The minimum atomic E-state index is -0.564. The van der Waals surface area contributed by atoms with Gasteiger partial charge in [-0.15, -0.1) is 0 Å². The van der Waals surface area contributed by atoms with Crippen molar-refractivity contribution in [2.45, 2.75) is 32.8 Å². The van der Waals surface area contributed by atoms with Crippen molar-refractivity contribution in [3.8, 4) is 11.8 Å². The van der Waals surface area contributed by atoms with Gasteiger partial charge in [0.05, 0.1) is 25.6 Å². The highest BCUT2D eigenvalue weighted by atomic mass is 16.5. The molecule has 1 aliphatic rings. The molecule has 1 unspecified atom stereocenters. The first-order valence-electron chi connectivity index (χ1n) is 6.34. The van der Waals surface area contributed by atoms with E-state index in [4.69, 9.17) is 14.2 Å². The molecule has 0 aromatic heterocycles. The van der Waals surface area contributed by atoms with Crippen molar-refractivity contribution < 1.29 is 23.8 Å². The smallest absolute Gasteiger partial charge is 0.384 e. The molecule has 0 aromatic carbocycles. The molecule has 1 rings (SSSR count). The molecule has 0 saturated heterocycles. The third-order valence-corrected chi connectivity index (χ3v) is 2.36. The van der Waals surface area contributed by atoms with Crippen LogP contribution in [-0.4, -0.2) is 31.3 Å². The maximum atomic E-state index is 11.1. The zero-order valence-electron chi connectivity index (χ0n) is 11.2. The molecule has 5 nitrogen and oxygen atoms in total. The van der Waals surface area contributed by atoms with Crippen LogP contribution in [0, 0.1) is 17.8 Å². The molecule has 104 valence electrons. The summed E-state index contributed by atoms with van der Waals surface area (Å²) < 4.78 is 14.8. The molecule has 0 N–H and O–H groups in total. The monoisotopic (exact) mass is 266 g/mol. The van der Waals surface area contributed by atoms with E-state index < -0.39 is 11.9 Å². The van der Waals surface area contributed by atoms with Crippen LogP contribution >= 0.6 is 0 Å². The Morgan fingerprint density at radius 1 is 1.26 bits per heavy atom. The van der Waals surface area contributed by atoms with E-state index in [0.29, 0.717) is 19.1 Å². The number of carbonyl (C=O) groups is 2. The van der Waals surface area contributed by atoms with Gasteiger partial charge < -0.3 is 14.2 Å². The van der Waals surface area contributed by atoms with Gasteiger partial charge in [-0.3, -0.25) is 0 Å². The zero-order chi connectivity index (χ0) is 14.1. The number of hydrogen-bond acceptors (Lipinski definition) is 5. The highest BCUT2D eigenvalue weighted by molar-refractivity contribution is 5.88. The van der Waals surface area contributed by atoms with Crippen molar-refractivity contribution in [2.24, 2.45) is 5.92 Å². The van der Waals surface area contributed by atoms with Crippen molar-refractivity contribution in [3.05, 3.63) is 12.3 Å². The van der Waals surface area contributed by atoms with Gasteiger partial charge in [-0.2, -0.15) is 0 Å². The topological polar surface area (TPSA) is 61.8 Å². The largest absolute Gasteiger partial charge is 0.485 e. The fourth-order valence-corrected chi connectivity index (χ4v) is 1.33. The predicted octanol–water partition coefficient (Wildman–Crippen LogP) is 1.42. The lowest BCUT2D eigenvalue weighted by Gasteiger charge is -2.08. The molecule has 0 amide bonds. The Bertz CT molecular complexity index is 398. The number of carbonyl (C=O) groups excluding carboxylic acids is 2. The highest BCUT2D eigenvalue weighted by Crippen LogP contribution is 2.34. The third kappa shape index (κ3) is 6.51.